The van der Waals surface area contributed by atoms with Crippen LogP contribution in [0.15, 0.2) is 29.2 Å². The van der Waals surface area contributed by atoms with Gasteiger partial charge < -0.3 is 10.2 Å². The molecular weight excluding hydrogens is 284 g/mol. The average molecular weight is 304 g/mol. The van der Waals surface area contributed by atoms with Crippen LogP contribution >= 0.6 is 11.8 Å². The van der Waals surface area contributed by atoms with Crippen molar-refractivity contribution in [2.45, 2.75) is 42.5 Å². The number of rotatable bonds is 2. The Hall–Kier alpha value is -1.49. The molecule has 0 aromatic heterocycles. The number of anilines is 1. The van der Waals surface area contributed by atoms with E-state index in [0.29, 0.717) is 13.0 Å². The summed E-state index contributed by atoms with van der Waals surface area (Å²) in [6, 6.07) is 7.99. The van der Waals surface area contributed by atoms with Crippen LogP contribution in [0.1, 0.15) is 32.1 Å². The van der Waals surface area contributed by atoms with E-state index in [9.17, 15) is 9.59 Å². The van der Waals surface area contributed by atoms with Crippen molar-refractivity contribution < 1.29 is 9.59 Å². The Morgan fingerprint density at radius 1 is 1.14 bits per heavy atom. The fourth-order valence-corrected chi connectivity index (χ4v) is 3.69. The first-order chi connectivity index (χ1) is 10.1. The Kier molecular flexibility index (Phi) is 3.93. The summed E-state index contributed by atoms with van der Waals surface area (Å²) >= 11 is 1.68. The number of benzene rings is 1. The van der Waals surface area contributed by atoms with Gasteiger partial charge in [-0.3, -0.25) is 9.59 Å². The molecular formula is C16H20N2O2S. The number of amides is 2. The van der Waals surface area contributed by atoms with Gasteiger partial charge in [-0.1, -0.05) is 12.8 Å². The first kappa shape index (κ1) is 14.4. The van der Waals surface area contributed by atoms with Crippen LogP contribution in [0.25, 0.3) is 0 Å². The van der Waals surface area contributed by atoms with Crippen molar-refractivity contribution in [3.63, 3.8) is 0 Å². The molecule has 0 unspecified atom stereocenters. The third-order valence-corrected chi connectivity index (χ3v) is 5.18. The second-order valence-corrected chi connectivity index (χ2v) is 6.62. The Morgan fingerprint density at radius 3 is 2.43 bits per heavy atom. The summed E-state index contributed by atoms with van der Waals surface area (Å²) in [7, 11) is 0. The van der Waals surface area contributed by atoms with Gasteiger partial charge in [-0.25, -0.2) is 0 Å². The molecule has 4 nitrogen and oxygen atoms in total. The number of nitrogens with one attached hydrogen (secondary N) is 1. The Balaban J connectivity index is 1.92. The molecule has 2 fully saturated rings. The summed E-state index contributed by atoms with van der Waals surface area (Å²) in [5.41, 5.74) is 0.228. The molecule has 0 radical (unpaired) electrons. The molecule has 1 aromatic carbocycles. The zero-order valence-electron chi connectivity index (χ0n) is 12.2. The zero-order chi connectivity index (χ0) is 14.9. The summed E-state index contributed by atoms with van der Waals surface area (Å²) in [4.78, 5) is 27.9. The van der Waals surface area contributed by atoms with Gasteiger partial charge in [0.25, 0.3) is 5.91 Å². The van der Waals surface area contributed by atoms with E-state index < -0.39 is 5.54 Å². The van der Waals surface area contributed by atoms with Crippen molar-refractivity contribution >= 4 is 29.3 Å². The molecule has 1 N–H and O–H groups in total. The minimum absolute atomic E-state index is 0.00603. The smallest absolute Gasteiger partial charge is 0.252 e. The van der Waals surface area contributed by atoms with Gasteiger partial charge in [-0.2, -0.15) is 0 Å². The molecule has 2 amide bonds. The minimum atomic E-state index is -0.661. The van der Waals surface area contributed by atoms with Gasteiger partial charge in [0.2, 0.25) is 5.91 Å². The van der Waals surface area contributed by atoms with Crippen molar-refractivity contribution in [3.8, 4) is 0 Å². The number of hydrogen-bond acceptors (Lipinski definition) is 3. The van der Waals surface area contributed by atoms with Crippen LogP contribution in [0.2, 0.25) is 0 Å². The fourth-order valence-electron chi connectivity index (χ4n) is 3.28. The van der Waals surface area contributed by atoms with Crippen LogP contribution in [0, 0.1) is 0 Å². The lowest BCUT2D eigenvalue weighted by Gasteiger charge is -2.31. The largest absolute Gasteiger partial charge is 0.342 e. The normalized spacial score (nSPS) is 21.5. The lowest BCUT2D eigenvalue weighted by Crippen LogP contribution is -2.55. The van der Waals surface area contributed by atoms with Gasteiger partial charge in [-0.15, -0.1) is 11.8 Å². The Bertz CT molecular complexity index is 550. The molecule has 0 atom stereocenters. The van der Waals surface area contributed by atoms with Gasteiger partial charge in [0, 0.05) is 23.5 Å². The maximum Gasteiger partial charge on any atom is 0.252 e. The monoisotopic (exact) mass is 304 g/mol. The number of carbonyl (C=O) groups is 2. The fraction of sp³-hybridized carbons (Fsp3) is 0.500. The summed E-state index contributed by atoms with van der Waals surface area (Å²) in [6.45, 7) is 0.463. The van der Waals surface area contributed by atoms with Crippen LogP contribution in [0.3, 0.4) is 0 Å². The molecule has 2 aliphatic rings. The van der Waals surface area contributed by atoms with Crippen LogP contribution in [0.5, 0.6) is 0 Å². The highest BCUT2D eigenvalue weighted by Gasteiger charge is 2.46. The molecule has 3 rings (SSSR count). The predicted molar refractivity (Wildman–Crippen MR) is 84.5 cm³/mol. The predicted octanol–water partition coefficient (Wildman–Crippen LogP) is 2.57. The van der Waals surface area contributed by atoms with E-state index >= 15 is 0 Å². The van der Waals surface area contributed by atoms with Gasteiger partial charge >= 0.3 is 0 Å². The number of hydrogen-bond donors (Lipinski definition) is 1. The van der Waals surface area contributed by atoms with Crippen LogP contribution in [-0.4, -0.2) is 30.2 Å². The van der Waals surface area contributed by atoms with E-state index in [1.54, 1.807) is 16.7 Å². The molecule has 1 saturated carbocycles. The molecule has 1 aliphatic carbocycles. The average Bonchev–Trinajstić information content (AvgIpc) is 2.92. The molecule has 1 heterocycles. The summed E-state index contributed by atoms with van der Waals surface area (Å²) in [5, 5.41) is 2.99. The molecule has 1 aliphatic heterocycles. The van der Waals surface area contributed by atoms with E-state index in [2.05, 4.69) is 5.32 Å². The van der Waals surface area contributed by atoms with E-state index in [-0.39, 0.29) is 11.8 Å². The van der Waals surface area contributed by atoms with Gasteiger partial charge in [0.15, 0.2) is 0 Å². The van der Waals surface area contributed by atoms with Crippen molar-refractivity contribution in [2.24, 2.45) is 0 Å². The van der Waals surface area contributed by atoms with Crippen molar-refractivity contribution in [1.82, 2.24) is 5.32 Å². The molecule has 1 spiro atoms. The summed E-state index contributed by atoms with van der Waals surface area (Å²) in [5.74, 6) is 0.0521. The van der Waals surface area contributed by atoms with E-state index in [0.717, 1.165) is 31.4 Å². The maximum absolute atomic E-state index is 13.0. The Morgan fingerprint density at radius 2 is 1.81 bits per heavy atom. The lowest BCUT2D eigenvalue weighted by atomic mass is 9.95. The summed E-state index contributed by atoms with van der Waals surface area (Å²) in [6.07, 6.45) is 5.93. The third-order valence-electron chi connectivity index (χ3n) is 4.44. The SMILES string of the molecule is CSc1ccc(N2CCC(=O)NC3(CCCC3)C2=O)cc1. The molecule has 21 heavy (non-hydrogen) atoms. The number of nitrogens with zero attached hydrogens (tertiary/aromatic N) is 1. The lowest BCUT2D eigenvalue weighted by molar-refractivity contribution is -0.129. The maximum atomic E-state index is 13.0. The molecule has 0 bridgehead atoms. The third kappa shape index (κ3) is 2.67. The van der Waals surface area contributed by atoms with Gasteiger partial charge in [0.05, 0.1) is 0 Å². The van der Waals surface area contributed by atoms with Crippen molar-refractivity contribution in [2.75, 3.05) is 17.7 Å². The van der Waals surface area contributed by atoms with E-state index in [1.165, 1.54) is 4.90 Å². The number of carbonyl (C=O) groups excluding carboxylic acids is 2. The minimum Gasteiger partial charge on any atom is -0.342 e. The molecule has 1 aromatic rings. The quantitative estimate of drug-likeness (QED) is 0.854. The number of thioether (sulfide) groups is 1. The second-order valence-electron chi connectivity index (χ2n) is 5.74. The topological polar surface area (TPSA) is 49.4 Å². The first-order valence-electron chi connectivity index (χ1n) is 7.42. The Labute approximate surface area is 129 Å². The van der Waals surface area contributed by atoms with Crippen molar-refractivity contribution in [3.05, 3.63) is 24.3 Å². The van der Waals surface area contributed by atoms with Crippen LogP contribution < -0.4 is 10.2 Å². The standard InChI is InChI=1S/C16H20N2O2S/c1-21-13-6-4-12(5-7-13)18-11-8-14(19)17-16(15(18)20)9-2-3-10-16/h4-7H,2-3,8-11H2,1H3,(H,17,19). The molecule has 5 heteroatoms. The highest BCUT2D eigenvalue weighted by atomic mass is 32.2. The highest BCUT2D eigenvalue weighted by molar-refractivity contribution is 7.98. The molecule has 112 valence electrons. The van der Waals surface area contributed by atoms with Crippen LogP contribution in [0.4, 0.5) is 5.69 Å². The van der Waals surface area contributed by atoms with Gasteiger partial charge in [0.1, 0.15) is 5.54 Å². The van der Waals surface area contributed by atoms with Gasteiger partial charge in [-0.05, 0) is 43.4 Å². The first-order valence-corrected chi connectivity index (χ1v) is 8.64. The highest BCUT2D eigenvalue weighted by Crippen LogP contribution is 2.34. The van der Waals surface area contributed by atoms with E-state index in [4.69, 9.17) is 0 Å². The zero-order valence-corrected chi connectivity index (χ0v) is 13.0. The van der Waals surface area contributed by atoms with E-state index in [1.807, 2.05) is 30.5 Å². The summed E-state index contributed by atoms with van der Waals surface area (Å²) < 4.78 is 0. The van der Waals surface area contributed by atoms with Crippen LogP contribution in [-0.2, 0) is 9.59 Å². The molecule has 1 saturated heterocycles. The van der Waals surface area contributed by atoms with Crippen molar-refractivity contribution in [1.29, 1.82) is 0 Å². The second kappa shape index (κ2) is 5.72.